The molecule has 0 atom stereocenters. The number of piperidine rings is 1. The van der Waals surface area contributed by atoms with Gasteiger partial charge in [-0.05, 0) is 37.8 Å². The van der Waals surface area contributed by atoms with Crippen LogP contribution < -0.4 is 0 Å². The van der Waals surface area contributed by atoms with Gasteiger partial charge in [0, 0.05) is 31.5 Å². The molecule has 0 saturated carbocycles. The number of amides is 1. The summed E-state index contributed by atoms with van der Waals surface area (Å²) in [6.45, 7) is 14.6. The first kappa shape index (κ1) is 14.8. The monoisotopic (exact) mass is 266 g/mol. The second-order valence-corrected chi connectivity index (χ2v) is 7.54. The fraction of sp³-hybridized carbons (Fsp3) is 0.938. The lowest BCUT2D eigenvalue weighted by Crippen LogP contribution is -2.62. The van der Waals surface area contributed by atoms with E-state index in [1.54, 1.807) is 0 Å². The second-order valence-electron chi connectivity index (χ2n) is 7.54. The molecule has 2 aliphatic rings. The van der Waals surface area contributed by atoms with E-state index < -0.39 is 0 Å². The van der Waals surface area contributed by atoms with E-state index in [9.17, 15) is 4.79 Å². The van der Waals surface area contributed by atoms with Crippen molar-refractivity contribution in [3.8, 4) is 0 Å². The summed E-state index contributed by atoms with van der Waals surface area (Å²) in [7, 11) is 0. The molecule has 0 N–H and O–H groups in total. The van der Waals surface area contributed by atoms with E-state index in [-0.39, 0.29) is 0 Å². The van der Waals surface area contributed by atoms with Gasteiger partial charge in [0.05, 0.1) is 0 Å². The number of likely N-dealkylation sites (tertiary alicyclic amines) is 2. The zero-order valence-electron chi connectivity index (χ0n) is 13.1. The highest BCUT2D eigenvalue weighted by atomic mass is 16.2. The predicted molar refractivity (Wildman–Crippen MR) is 79.0 cm³/mol. The van der Waals surface area contributed by atoms with Crippen molar-refractivity contribution in [1.82, 2.24) is 9.80 Å². The van der Waals surface area contributed by atoms with Crippen LogP contribution in [-0.2, 0) is 4.79 Å². The zero-order valence-corrected chi connectivity index (χ0v) is 13.1. The summed E-state index contributed by atoms with van der Waals surface area (Å²) in [6, 6.07) is 0. The van der Waals surface area contributed by atoms with Crippen molar-refractivity contribution in [2.24, 2.45) is 17.3 Å². The minimum absolute atomic E-state index is 0.366. The third kappa shape index (κ3) is 3.71. The summed E-state index contributed by atoms with van der Waals surface area (Å²) >= 11 is 0. The molecule has 19 heavy (non-hydrogen) atoms. The van der Waals surface area contributed by atoms with Gasteiger partial charge in [0.15, 0.2) is 0 Å². The smallest absolute Gasteiger partial charge is 0.222 e. The minimum atomic E-state index is 0.366. The van der Waals surface area contributed by atoms with Crippen LogP contribution >= 0.6 is 0 Å². The Morgan fingerprint density at radius 2 is 1.63 bits per heavy atom. The van der Waals surface area contributed by atoms with E-state index in [4.69, 9.17) is 0 Å². The Morgan fingerprint density at radius 3 is 2.11 bits per heavy atom. The predicted octanol–water partition coefficient (Wildman–Crippen LogP) is 2.61. The molecule has 0 radical (unpaired) electrons. The average Bonchev–Trinajstić information content (AvgIpc) is 2.25. The summed E-state index contributed by atoms with van der Waals surface area (Å²) in [4.78, 5) is 16.7. The van der Waals surface area contributed by atoms with Crippen molar-refractivity contribution in [2.75, 3.05) is 32.7 Å². The summed E-state index contributed by atoms with van der Waals surface area (Å²) in [5.41, 5.74) is 0.472. The van der Waals surface area contributed by atoms with Crippen molar-refractivity contribution < 1.29 is 4.79 Å². The first-order valence-electron chi connectivity index (χ1n) is 7.90. The van der Waals surface area contributed by atoms with E-state index in [1.807, 2.05) is 0 Å². The lowest BCUT2D eigenvalue weighted by atomic mass is 9.71. The molecule has 1 spiro atoms. The molecule has 0 aromatic rings. The summed E-state index contributed by atoms with van der Waals surface area (Å²) < 4.78 is 0. The molecule has 2 rings (SSSR count). The zero-order chi connectivity index (χ0) is 14.0. The number of carbonyl (C=O) groups excluding carboxylic acids is 1. The largest absolute Gasteiger partial charge is 0.341 e. The maximum absolute atomic E-state index is 12.0. The molecule has 3 nitrogen and oxygen atoms in total. The van der Waals surface area contributed by atoms with Gasteiger partial charge in [-0.3, -0.25) is 4.79 Å². The Hall–Kier alpha value is -0.570. The maximum Gasteiger partial charge on any atom is 0.222 e. The lowest BCUT2D eigenvalue weighted by Gasteiger charge is -2.54. The van der Waals surface area contributed by atoms with Crippen LogP contribution in [-0.4, -0.2) is 48.4 Å². The summed E-state index contributed by atoms with van der Waals surface area (Å²) in [5.74, 6) is 1.61. The van der Waals surface area contributed by atoms with Gasteiger partial charge < -0.3 is 9.80 Å². The fourth-order valence-corrected chi connectivity index (χ4v) is 3.46. The summed E-state index contributed by atoms with van der Waals surface area (Å²) in [5, 5.41) is 0. The molecule has 2 saturated heterocycles. The van der Waals surface area contributed by atoms with Gasteiger partial charge in [-0.1, -0.05) is 27.7 Å². The fourth-order valence-electron chi connectivity index (χ4n) is 3.46. The quantitative estimate of drug-likeness (QED) is 0.781. The van der Waals surface area contributed by atoms with Crippen LogP contribution in [0.25, 0.3) is 0 Å². The van der Waals surface area contributed by atoms with Gasteiger partial charge in [0.25, 0.3) is 0 Å². The molecular weight excluding hydrogens is 236 g/mol. The van der Waals surface area contributed by atoms with Gasteiger partial charge >= 0.3 is 0 Å². The van der Waals surface area contributed by atoms with Crippen LogP contribution in [0.4, 0.5) is 0 Å². The molecule has 0 aromatic carbocycles. The molecule has 3 heteroatoms. The van der Waals surface area contributed by atoms with Gasteiger partial charge in [-0.2, -0.15) is 0 Å². The molecule has 0 bridgehead atoms. The van der Waals surface area contributed by atoms with Gasteiger partial charge in [0.2, 0.25) is 5.91 Å². The molecule has 2 aliphatic heterocycles. The Bertz CT molecular complexity index is 309. The van der Waals surface area contributed by atoms with Gasteiger partial charge in [0.1, 0.15) is 0 Å². The Balaban J connectivity index is 1.73. The van der Waals surface area contributed by atoms with Crippen LogP contribution in [0.2, 0.25) is 0 Å². The number of carbonyl (C=O) groups is 1. The molecule has 110 valence electrons. The van der Waals surface area contributed by atoms with Crippen LogP contribution in [0.5, 0.6) is 0 Å². The average molecular weight is 266 g/mol. The molecule has 0 unspecified atom stereocenters. The molecule has 0 aliphatic carbocycles. The second kappa shape index (κ2) is 5.82. The lowest BCUT2D eigenvalue weighted by molar-refractivity contribution is -0.147. The third-order valence-corrected chi connectivity index (χ3v) is 4.53. The Labute approximate surface area is 118 Å². The van der Waals surface area contributed by atoms with Crippen molar-refractivity contribution in [3.05, 3.63) is 0 Å². The SMILES string of the molecule is CC(C)CC(=O)N1CC2(CCN(CC(C)C)CC2)C1. The standard InChI is InChI=1S/C16H30N2O/c1-13(2)9-15(19)18-11-16(12-18)5-7-17(8-6-16)10-14(3)4/h13-14H,5-12H2,1-4H3. The molecule has 2 heterocycles. The first-order valence-corrected chi connectivity index (χ1v) is 7.90. The van der Waals surface area contributed by atoms with Crippen molar-refractivity contribution in [3.63, 3.8) is 0 Å². The van der Waals surface area contributed by atoms with E-state index in [0.29, 0.717) is 17.2 Å². The molecule has 0 aromatic heterocycles. The van der Waals surface area contributed by atoms with Crippen molar-refractivity contribution in [1.29, 1.82) is 0 Å². The highest BCUT2D eigenvalue weighted by Gasteiger charge is 2.46. The highest BCUT2D eigenvalue weighted by Crippen LogP contribution is 2.40. The number of rotatable bonds is 4. The Kier molecular flexibility index (Phi) is 4.54. The minimum Gasteiger partial charge on any atom is -0.341 e. The maximum atomic E-state index is 12.0. The van der Waals surface area contributed by atoms with E-state index in [0.717, 1.165) is 25.4 Å². The molecule has 2 fully saturated rings. The van der Waals surface area contributed by atoms with E-state index in [1.165, 1.54) is 32.5 Å². The van der Waals surface area contributed by atoms with Crippen molar-refractivity contribution >= 4 is 5.91 Å². The van der Waals surface area contributed by atoms with E-state index >= 15 is 0 Å². The van der Waals surface area contributed by atoms with Crippen LogP contribution in [0, 0.1) is 17.3 Å². The first-order chi connectivity index (χ1) is 8.90. The van der Waals surface area contributed by atoms with Crippen molar-refractivity contribution in [2.45, 2.75) is 47.0 Å². The van der Waals surface area contributed by atoms with Gasteiger partial charge in [-0.15, -0.1) is 0 Å². The topological polar surface area (TPSA) is 23.6 Å². The molecular formula is C16H30N2O. The van der Waals surface area contributed by atoms with Gasteiger partial charge in [-0.25, -0.2) is 0 Å². The highest BCUT2D eigenvalue weighted by molar-refractivity contribution is 5.77. The van der Waals surface area contributed by atoms with E-state index in [2.05, 4.69) is 37.5 Å². The summed E-state index contributed by atoms with van der Waals surface area (Å²) in [6.07, 6.45) is 3.28. The number of nitrogens with zero attached hydrogens (tertiary/aromatic N) is 2. The number of hydrogen-bond donors (Lipinski definition) is 0. The van der Waals surface area contributed by atoms with Crippen LogP contribution in [0.15, 0.2) is 0 Å². The van der Waals surface area contributed by atoms with Crippen LogP contribution in [0.3, 0.4) is 0 Å². The van der Waals surface area contributed by atoms with Crippen LogP contribution in [0.1, 0.15) is 47.0 Å². The normalized spacial score (nSPS) is 23.2. The number of hydrogen-bond acceptors (Lipinski definition) is 2. The molecule has 1 amide bonds. The Morgan fingerprint density at radius 1 is 1.05 bits per heavy atom. The third-order valence-electron chi connectivity index (χ3n) is 4.53.